The van der Waals surface area contributed by atoms with E-state index in [-0.39, 0.29) is 29.0 Å². The third-order valence-electron chi connectivity index (χ3n) is 3.94. The van der Waals surface area contributed by atoms with Gasteiger partial charge in [0.15, 0.2) is 0 Å². The molecule has 0 bridgehead atoms. The van der Waals surface area contributed by atoms with Crippen LogP contribution in [0.3, 0.4) is 0 Å². The zero-order chi connectivity index (χ0) is 21.5. The van der Waals surface area contributed by atoms with Crippen molar-refractivity contribution in [1.29, 1.82) is 0 Å². The van der Waals surface area contributed by atoms with E-state index in [0.717, 1.165) is 0 Å². The van der Waals surface area contributed by atoms with Crippen molar-refractivity contribution in [3.63, 3.8) is 0 Å². The number of alkyl carbamates (subject to hydrolysis) is 1. The number of aliphatic hydroxyl groups excluding tert-OH is 1. The van der Waals surface area contributed by atoms with E-state index in [1.54, 1.807) is 11.8 Å². The maximum atomic E-state index is 12.3. The molecule has 1 rings (SSSR count). The van der Waals surface area contributed by atoms with Gasteiger partial charge in [-0.2, -0.15) is 0 Å². The minimum atomic E-state index is -0.596. The number of methoxy groups -OCH3 is 1. The number of ether oxygens (including phenoxy) is 3. The van der Waals surface area contributed by atoms with E-state index in [4.69, 9.17) is 25.8 Å². The van der Waals surface area contributed by atoms with Gasteiger partial charge < -0.3 is 24.6 Å². The second kappa shape index (κ2) is 10.3. The summed E-state index contributed by atoms with van der Waals surface area (Å²) in [6.07, 6.45) is 0.186. The molecule has 0 saturated carbocycles. The fourth-order valence-corrected chi connectivity index (χ4v) is 2.63. The standard InChI is InChI=1S/C19H34ClN3O5/c1-18(2,3)14(21-17(25)28-19(4,5)6)11-23-13(12-24)15(20)16(22-23)27-10-8-9-26-7/h14,24H,8-12H2,1-7H3,(H,21,25)/t14-/m0/s1. The highest BCUT2D eigenvalue weighted by molar-refractivity contribution is 6.32. The van der Waals surface area contributed by atoms with Gasteiger partial charge in [-0.3, -0.25) is 4.68 Å². The Hall–Kier alpha value is -1.51. The van der Waals surface area contributed by atoms with E-state index in [1.165, 1.54) is 0 Å². The third-order valence-corrected chi connectivity index (χ3v) is 4.32. The number of hydrogen-bond acceptors (Lipinski definition) is 6. The first-order valence-electron chi connectivity index (χ1n) is 9.36. The van der Waals surface area contributed by atoms with Gasteiger partial charge in [-0.25, -0.2) is 4.79 Å². The maximum Gasteiger partial charge on any atom is 0.407 e. The van der Waals surface area contributed by atoms with Gasteiger partial charge in [0.05, 0.1) is 31.5 Å². The summed E-state index contributed by atoms with van der Waals surface area (Å²) in [5.41, 5.74) is -0.452. The largest absolute Gasteiger partial charge is 0.475 e. The summed E-state index contributed by atoms with van der Waals surface area (Å²) < 4.78 is 17.5. The topological polar surface area (TPSA) is 94.8 Å². The summed E-state index contributed by atoms with van der Waals surface area (Å²) >= 11 is 6.32. The number of halogens is 1. The van der Waals surface area contributed by atoms with E-state index in [1.807, 2.05) is 41.5 Å². The van der Waals surface area contributed by atoms with Gasteiger partial charge in [0.25, 0.3) is 5.88 Å². The molecule has 0 spiro atoms. The molecule has 162 valence electrons. The van der Waals surface area contributed by atoms with Gasteiger partial charge in [-0.15, -0.1) is 5.10 Å². The van der Waals surface area contributed by atoms with Gasteiger partial charge in [0.1, 0.15) is 10.6 Å². The van der Waals surface area contributed by atoms with Crippen LogP contribution in [0, 0.1) is 5.41 Å². The second-order valence-corrected chi connectivity index (χ2v) is 9.04. The molecule has 0 saturated heterocycles. The highest BCUT2D eigenvalue weighted by Gasteiger charge is 2.30. The minimum Gasteiger partial charge on any atom is -0.475 e. The second-order valence-electron chi connectivity index (χ2n) is 8.67. The van der Waals surface area contributed by atoms with Crippen LogP contribution in [0.5, 0.6) is 5.88 Å². The molecule has 9 heteroatoms. The van der Waals surface area contributed by atoms with E-state index in [0.29, 0.717) is 31.9 Å². The summed E-state index contributed by atoms with van der Waals surface area (Å²) in [4.78, 5) is 12.3. The first kappa shape index (κ1) is 24.5. The molecule has 0 radical (unpaired) electrons. The van der Waals surface area contributed by atoms with Crippen LogP contribution in [0.15, 0.2) is 0 Å². The molecule has 0 fully saturated rings. The Morgan fingerprint density at radius 2 is 1.89 bits per heavy atom. The smallest absolute Gasteiger partial charge is 0.407 e. The molecule has 1 amide bonds. The van der Waals surface area contributed by atoms with Crippen LogP contribution in [0.4, 0.5) is 4.79 Å². The lowest BCUT2D eigenvalue weighted by Crippen LogP contribution is -2.48. The van der Waals surface area contributed by atoms with E-state index < -0.39 is 11.7 Å². The Balaban J connectivity index is 2.97. The molecular formula is C19H34ClN3O5. The van der Waals surface area contributed by atoms with Crippen molar-refractivity contribution in [2.75, 3.05) is 20.3 Å². The molecular weight excluding hydrogens is 386 g/mol. The fourth-order valence-electron chi connectivity index (χ4n) is 2.38. The van der Waals surface area contributed by atoms with Crippen LogP contribution < -0.4 is 10.1 Å². The lowest BCUT2D eigenvalue weighted by Gasteiger charge is -2.32. The Morgan fingerprint density at radius 3 is 2.39 bits per heavy atom. The number of hydrogen-bond donors (Lipinski definition) is 2. The lowest BCUT2D eigenvalue weighted by molar-refractivity contribution is 0.0451. The Bertz CT molecular complexity index is 635. The summed E-state index contributed by atoms with van der Waals surface area (Å²) in [6, 6.07) is -0.315. The van der Waals surface area contributed by atoms with Crippen LogP contribution in [-0.2, 0) is 22.6 Å². The number of aliphatic hydroxyl groups is 1. The number of carbonyl (C=O) groups is 1. The minimum absolute atomic E-state index is 0.256. The van der Waals surface area contributed by atoms with Crippen LogP contribution in [0.2, 0.25) is 5.02 Å². The first-order chi connectivity index (χ1) is 12.9. The average Bonchev–Trinajstić information content (AvgIpc) is 2.83. The number of amides is 1. The van der Waals surface area contributed by atoms with Crippen molar-refractivity contribution in [3.05, 3.63) is 10.7 Å². The molecule has 0 aliphatic rings. The van der Waals surface area contributed by atoms with Crippen LogP contribution in [0.1, 0.15) is 53.7 Å². The average molecular weight is 420 g/mol. The molecule has 28 heavy (non-hydrogen) atoms. The van der Waals surface area contributed by atoms with Gasteiger partial charge in [-0.1, -0.05) is 32.4 Å². The number of nitrogens with zero attached hydrogens (tertiary/aromatic N) is 2. The summed E-state index contributed by atoms with van der Waals surface area (Å²) in [5.74, 6) is 0.256. The molecule has 0 unspecified atom stereocenters. The van der Waals surface area contributed by atoms with Crippen molar-refractivity contribution < 1.29 is 24.1 Å². The SMILES string of the molecule is COCCCOc1nn(C[C@H](NC(=O)OC(C)(C)C)C(C)(C)C)c(CO)c1Cl. The van der Waals surface area contributed by atoms with Gasteiger partial charge in [-0.05, 0) is 26.2 Å². The summed E-state index contributed by atoms with van der Waals surface area (Å²) in [5, 5.41) is 17.3. The number of nitrogens with one attached hydrogen (secondary N) is 1. The summed E-state index contributed by atoms with van der Waals surface area (Å²) in [7, 11) is 1.62. The third kappa shape index (κ3) is 7.85. The van der Waals surface area contributed by atoms with Gasteiger partial charge >= 0.3 is 6.09 Å². The van der Waals surface area contributed by atoms with E-state index in [2.05, 4.69) is 10.4 Å². The maximum absolute atomic E-state index is 12.3. The van der Waals surface area contributed by atoms with Gasteiger partial charge in [0.2, 0.25) is 0 Å². The molecule has 1 heterocycles. The fraction of sp³-hybridized carbons (Fsp3) is 0.789. The molecule has 8 nitrogen and oxygen atoms in total. The highest BCUT2D eigenvalue weighted by atomic mass is 35.5. The molecule has 0 aromatic carbocycles. The predicted octanol–water partition coefficient (Wildman–Crippen LogP) is 3.38. The van der Waals surface area contributed by atoms with Crippen molar-refractivity contribution in [2.45, 2.75) is 72.8 Å². The quantitative estimate of drug-likeness (QED) is 0.596. The Kier molecular flexibility index (Phi) is 9.04. The monoisotopic (exact) mass is 419 g/mol. The number of aromatic nitrogens is 2. The molecule has 0 aliphatic carbocycles. The van der Waals surface area contributed by atoms with E-state index >= 15 is 0 Å². The van der Waals surface area contributed by atoms with Crippen LogP contribution >= 0.6 is 11.6 Å². The Labute approximate surface area is 172 Å². The number of carbonyl (C=O) groups excluding carboxylic acids is 1. The molecule has 1 atom stereocenters. The van der Waals surface area contributed by atoms with Crippen molar-refractivity contribution in [2.24, 2.45) is 5.41 Å². The number of rotatable bonds is 9. The molecule has 0 aliphatic heterocycles. The normalized spacial score (nSPS) is 13.3. The van der Waals surface area contributed by atoms with Crippen LogP contribution in [0.25, 0.3) is 0 Å². The molecule has 2 N–H and O–H groups in total. The van der Waals surface area contributed by atoms with Crippen molar-refractivity contribution in [1.82, 2.24) is 15.1 Å². The molecule has 1 aromatic heterocycles. The molecule has 1 aromatic rings. The van der Waals surface area contributed by atoms with E-state index in [9.17, 15) is 9.90 Å². The zero-order valence-corrected chi connectivity index (χ0v) is 18.7. The highest BCUT2D eigenvalue weighted by Crippen LogP contribution is 2.30. The predicted molar refractivity (Wildman–Crippen MR) is 108 cm³/mol. The van der Waals surface area contributed by atoms with Crippen molar-refractivity contribution in [3.8, 4) is 5.88 Å². The summed E-state index contributed by atoms with van der Waals surface area (Å²) in [6.45, 7) is 12.4. The Morgan fingerprint density at radius 1 is 1.25 bits per heavy atom. The van der Waals surface area contributed by atoms with Gasteiger partial charge in [0, 0.05) is 20.1 Å². The lowest BCUT2D eigenvalue weighted by atomic mass is 9.86. The van der Waals surface area contributed by atoms with Crippen LogP contribution in [-0.4, -0.2) is 52.9 Å². The zero-order valence-electron chi connectivity index (χ0n) is 18.0. The first-order valence-corrected chi connectivity index (χ1v) is 9.74. The van der Waals surface area contributed by atoms with Crippen molar-refractivity contribution >= 4 is 17.7 Å².